The Labute approximate surface area is 123 Å². The Bertz CT molecular complexity index is 411. The Kier molecular flexibility index (Phi) is 5.07. The summed E-state index contributed by atoms with van der Waals surface area (Å²) in [7, 11) is 0. The number of likely N-dealkylation sites (tertiary alicyclic amines) is 1. The van der Waals surface area contributed by atoms with Crippen LogP contribution < -0.4 is 5.73 Å². The fraction of sp³-hybridized carbons (Fsp3) is 0.571. The zero-order chi connectivity index (χ0) is 13.1. The van der Waals surface area contributed by atoms with Gasteiger partial charge in [-0.3, -0.25) is 4.90 Å². The van der Waals surface area contributed by atoms with E-state index in [2.05, 4.69) is 39.9 Å². The smallest absolute Gasteiger partial charge is 0.0548 e. The molecule has 0 aliphatic carbocycles. The van der Waals surface area contributed by atoms with Crippen molar-refractivity contribution in [1.29, 1.82) is 0 Å². The standard InChI is InChI=1S/C14H20BrClN2/c1-10-2-3-12(7-17)9-18(10)8-11-4-5-14(16)13(15)6-11/h4-6,10,12H,2-3,7-9,17H2,1H3. The van der Waals surface area contributed by atoms with Crippen molar-refractivity contribution in [1.82, 2.24) is 4.90 Å². The molecule has 1 fully saturated rings. The van der Waals surface area contributed by atoms with E-state index in [0.717, 1.165) is 29.1 Å². The molecule has 100 valence electrons. The predicted molar refractivity (Wildman–Crippen MR) is 80.8 cm³/mol. The molecule has 2 rings (SSSR count). The summed E-state index contributed by atoms with van der Waals surface area (Å²) in [5, 5.41) is 0.769. The summed E-state index contributed by atoms with van der Waals surface area (Å²) < 4.78 is 0.974. The van der Waals surface area contributed by atoms with Gasteiger partial charge in [0.25, 0.3) is 0 Å². The second kappa shape index (κ2) is 6.38. The van der Waals surface area contributed by atoms with Crippen LogP contribution in [0.25, 0.3) is 0 Å². The lowest BCUT2D eigenvalue weighted by Gasteiger charge is -2.37. The minimum absolute atomic E-state index is 0.641. The lowest BCUT2D eigenvalue weighted by atomic mass is 9.93. The second-order valence-corrected chi connectivity index (χ2v) is 6.47. The zero-order valence-corrected chi connectivity index (χ0v) is 13.0. The predicted octanol–water partition coefficient (Wildman–Crippen LogP) is 3.66. The van der Waals surface area contributed by atoms with E-state index in [1.807, 2.05) is 6.07 Å². The van der Waals surface area contributed by atoms with Gasteiger partial charge in [0, 0.05) is 23.6 Å². The van der Waals surface area contributed by atoms with Gasteiger partial charge in [-0.15, -0.1) is 0 Å². The van der Waals surface area contributed by atoms with Crippen LogP contribution in [0.2, 0.25) is 5.02 Å². The molecule has 0 aromatic heterocycles. The van der Waals surface area contributed by atoms with Crippen LogP contribution >= 0.6 is 27.5 Å². The van der Waals surface area contributed by atoms with Gasteiger partial charge in [-0.05, 0) is 65.9 Å². The molecule has 2 atom stereocenters. The maximum Gasteiger partial charge on any atom is 0.0548 e. The summed E-state index contributed by atoms with van der Waals surface area (Å²) in [4.78, 5) is 2.52. The molecule has 1 saturated heterocycles. The monoisotopic (exact) mass is 330 g/mol. The summed E-state index contributed by atoms with van der Waals surface area (Å²) in [5.74, 6) is 0.650. The molecule has 2 unspecified atom stereocenters. The largest absolute Gasteiger partial charge is 0.330 e. The molecule has 4 heteroatoms. The van der Waals surface area contributed by atoms with Crippen molar-refractivity contribution in [2.45, 2.75) is 32.4 Å². The van der Waals surface area contributed by atoms with Gasteiger partial charge >= 0.3 is 0 Å². The van der Waals surface area contributed by atoms with E-state index in [1.54, 1.807) is 0 Å². The van der Waals surface area contributed by atoms with Gasteiger partial charge in [0.15, 0.2) is 0 Å². The minimum atomic E-state index is 0.641. The Morgan fingerprint density at radius 2 is 2.22 bits per heavy atom. The van der Waals surface area contributed by atoms with Crippen molar-refractivity contribution in [3.05, 3.63) is 33.3 Å². The molecule has 2 nitrogen and oxygen atoms in total. The number of nitrogens with two attached hydrogens (primary N) is 1. The molecular formula is C14H20BrClN2. The number of hydrogen-bond donors (Lipinski definition) is 1. The lowest BCUT2D eigenvalue weighted by Crippen LogP contribution is -2.43. The number of benzene rings is 1. The number of hydrogen-bond acceptors (Lipinski definition) is 2. The Morgan fingerprint density at radius 1 is 1.44 bits per heavy atom. The van der Waals surface area contributed by atoms with E-state index in [9.17, 15) is 0 Å². The van der Waals surface area contributed by atoms with Gasteiger partial charge in [0.1, 0.15) is 0 Å². The number of nitrogens with zero attached hydrogens (tertiary/aromatic N) is 1. The van der Waals surface area contributed by atoms with Gasteiger partial charge in [-0.25, -0.2) is 0 Å². The van der Waals surface area contributed by atoms with E-state index >= 15 is 0 Å². The molecule has 18 heavy (non-hydrogen) atoms. The Balaban J connectivity index is 2.04. The van der Waals surface area contributed by atoms with Crippen molar-refractivity contribution in [2.24, 2.45) is 11.7 Å². The molecule has 0 radical (unpaired) electrons. The van der Waals surface area contributed by atoms with Gasteiger partial charge in [-0.1, -0.05) is 17.7 Å². The topological polar surface area (TPSA) is 29.3 Å². The molecule has 1 aromatic rings. The van der Waals surface area contributed by atoms with Crippen LogP contribution in [0.4, 0.5) is 0 Å². The molecule has 0 amide bonds. The summed E-state index contributed by atoms with van der Waals surface area (Å²) in [6, 6.07) is 6.81. The third-order valence-corrected chi connectivity index (χ3v) is 5.03. The summed E-state index contributed by atoms with van der Waals surface area (Å²) in [5.41, 5.74) is 7.10. The number of piperidine rings is 1. The fourth-order valence-corrected chi connectivity index (χ4v) is 3.09. The van der Waals surface area contributed by atoms with Crippen LogP contribution in [-0.2, 0) is 6.54 Å². The molecule has 0 spiro atoms. The maximum absolute atomic E-state index is 6.02. The van der Waals surface area contributed by atoms with Crippen molar-refractivity contribution >= 4 is 27.5 Å². The molecule has 0 bridgehead atoms. The quantitative estimate of drug-likeness (QED) is 0.916. The van der Waals surface area contributed by atoms with Crippen LogP contribution in [0.1, 0.15) is 25.3 Å². The summed E-state index contributed by atoms with van der Waals surface area (Å²) in [6.45, 7) is 5.19. The van der Waals surface area contributed by atoms with Gasteiger partial charge in [-0.2, -0.15) is 0 Å². The van der Waals surface area contributed by atoms with E-state index < -0.39 is 0 Å². The van der Waals surface area contributed by atoms with Crippen molar-refractivity contribution in [3.8, 4) is 0 Å². The molecule has 1 aliphatic rings. The van der Waals surface area contributed by atoms with E-state index in [1.165, 1.54) is 18.4 Å². The second-order valence-electron chi connectivity index (χ2n) is 5.21. The zero-order valence-electron chi connectivity index (χ0n) is 10.7. The fourth-order valence-electron chi connectivity index (χ4n) is 2.55. The summed E-state index contributed by atoms with van der Waals surface area (Å²) in [6.07, 6.45) is 2.51. The highest BCUT2D eigenvalue weighted by Crippen LogP contribution is 2.26. The number of halogens is 2. The molecular weight excluding hydrogens is 312 g/mol. The average Bonchev–Trinajstić information content (AvgIpc) is 2.36. The van der Waals surface area contributed by atoms with Gasteiger partial charge in [0.2, 0.25) is 0 Å². The van der Waals surface area contributed by atoms with Crippen LogP contribution in [0.15, 0.2) is 22.7 Å². The van der Waals surface area contributed by atoms with Gasteiger partial charge < -0.3 is 5.73 Å². The van der Waals surface area contributed by atoms with E-state index in [4.69, 9.17) is 17.3 Å². The molecule has 0 saturated carbocycles. The Hall–Kier alpha value is -0.0900. The van der Waals surface area contributed by atoms with Gasteiger partial charge in [0.05, 0.1) is 5.02 Å². The highest BCUT2D eigenvalue weighted by molar-refractivity contribution is 9.10. The third-order valence-electron chi connectivity index (χ3n) is 3.81. The maximum atomic E-state index is 6.02. The first-order valence-corrected chi connectivity index (χ1v) is 7.65. The van der Waals surface area contributed by atoms with Crippen LogP contribution in [0, 0.1) is 5.92 Å². The van der Waals surface area contributed by atoms with Crippen molar-refractivity contribution in [2.75, 3.05) is 13.1 Å². The molecule has 2 N–H and O–H groups in total. The Morgan fingerprint density at radius 3 is 2.89 bits per heavy atom. The highest BCUT2D eigenvalue weighted by atomic mass is 79.9. The lowest BCUT2D eigenvalue weighted by molar-refractivity contribution is 0.113. The van der Waals surface area contributed by atoms with Crippen molar-refractivity contribution < 1.29 is 0 Å². The van der Waals surface area contributed by atoms with Crippen LogP contribution in [-0.4, -0.2) is 24.0 Å². The highest BCUT2D eigenvalue weighted by Gasteiger charge is 2.24. The average molecular weight is 332 g/mol. The summed E-state index contributed by atoms with van der Waals surface area (Å²) >= 11 is 9.50. The molecule has 1 aromatic carbocycles. The van der Waals surface area contributed by atoms with Crippen LogP contribution in [0.3, 0.4) is 0 Å². The molecule has 1 heterocycles. The SMILES string of the molecule is CC1CCC(CN)CN1Cc1ccc(Cl)c(Br)c1. The third kappa shape index (κ3) is 3.47. The minimum Gasteiger partial charge on any atom is -0.330 e. The molecule has 1 aliphatic heterocycles. The number of rotatable bonds is 3. The first kappa shape index (κ1) is 14.3. The first-order valence-electron chi connectivity index (χ1n) is 6.48. The van der Waals surface area contributed by atoms with Crippen LogP contribution in [0.5, 0.6) is 0 Å². The van der Waals surface area contributed by atoms with E-state index in [-0.39, 0.29) is 0 Å². The van der Waals surface area contributed by atoms with E-state index in [0.29, 0.717) is 12.0 Å². The first-order chi connectivity index (χ1) is 8.60. The van der Waals surface area contributed by atoms with Crippen molar-refractivity contribution in [3.63, 3.8) is 0 Å². The normalized spacial score (nSPS) is 25.3.